The predicted molar refractivity (Wildman–Crippen MR) is 166 cm³/mol. The second kappa shape index (κ2) is 19.5. The Morgan fingerprint density at radius 3 is 2.52 bits per heavy atom. The summed E-state index contributed by atoms with van der Waals surface area (Å²) in [6, 6.07) is 3.97. The van der Waals surface area contributed by atoms with Gasteiger partial charge >= 0.3 is 0 Å². The molecule has 0 spiro atoms. The molecular weight excluding hydrogens is 512 g/mol. The molecule has 1 aromatic rings. The summed E-state index contributed by atoms with van der Waals surface area (Å²) in [5.41, 5.74) is 17.0. The molecule has 2 atom stereocenters. The highest BCUT2D eigenvalue weighted by Crippen LogP contribution is 2.36. The zero-order valence-corrected chi connectivity index (χ0v) is 25.6. The summed E-state index contributed by atoms with van der Waals surface area (Å²) in [6.45, 7) is 10.1. The first kappa shape index (κ1) is 35.5. The summed E-state index contributed by atoms with van der Waals surface area (Å²) in [7, 11) is 7.05. The quantitative estimate of drug-likeness (QED) is 0.214. The summed E-state index contributed by atoms with van der Waals surface area (Å²) >= 11 is 0. The van der Waals surface area contributed by atoms with Crippen LogP contribution < -0.4 is 32.3 Å². The number of nitrogens with zero attached hydrogens (tertiary/aromatic N) is 2. The normalized spacial score (nSPS) is 17.1. The number of nitrogens with two attached hydrogens (primary N) is 2. The van der Waals surface area contributed by atoms with E-state index in [-0.39, 0.29) is 11.8 Å². The van der Waals surface area contributed by atoms with Crippen LogP contribution in [0, 0.1) is 0 Å². The number of ether oxygens (including phenoxy) is 1. The monoisotopic (exact) mass is 565 g/mol. The molecule has 2 aliphatic rings. The maximum absolute atomic E-state index is 13.3. The maximum atomic E-state index is 13.3. The van der Waals surface area contributed by atoms with Crippen LogP contribution in [0.25, 0.3) is 5.57 Å². The Kier molecular flexibility index (Phi) is 17.3. The molecule has 0 saturated heterocycles. The number of methoxy groups -OCH3 is 1. The predicted octanol–water partition coefficient (Wildman–Crippen LogP) is 4.18. The topological polar surface area (TPSA) is 113 Å². The fraction of sp³-hybridized carbons (Fsp3) is 0.633. The van der Waals surface area contributed by atoms with Gasteiger partial charge in [0.25, 0.3) is 6.43 Å². The molecule has 40 heavy (non-hydrogen) atoms. The average molecular weight is 566 g/mol. The standard InChI is InChI=1S/C15H19F2N3.C11H23N3.C4H11NO/c1-19-9-11(8-18)12-6-10-4-3-5-20(2)14(10)7-13(12)15(16)17;1-3-10(4-6-12)14-11-5-7-13-8-9(11)2;1-4(5-2)6-3/h6-9,15H,3-5,18H2,1-2H3;10,13-14H,3-8,12H2,1-2H3;4-5H,1-3H3/b11-8+,19-9?;;. The summed E-state index contributed by atoms with van der Waals surface area (Å²) in [5, 5.41) is 9.87. The second-order valence-electron chi connectivity index (χ2n) is 10.1. The molecule has 0 bridgehead atoms. The number of rotatable bonds is 10. The van der Waals surface area contributed by atoms with E-state index in [9.17, 15) is 8.78 Å². The van der Waals surface area contributed by atoms with Gasteiger partial charge in [-0.1, -0.05) is 6.92 Å². The smallest absolute Gasteiger partial charge is 0.264 e. The Bertz CT molecular complexity index is 962. The molecule has 0 radical (unpaired) electrons. The summed E-state index contributed by atoms with van der Waals surface area (Å²) in [6.07, 6.45) is 5.77. The van der Waals surface area contributed by atoms with Crippen LogP contribution in [0.3, 0.4) is 0 Å². The molecular formula is C30H53F2N7O. The van der Waals surface area contributed by atoms with Crippen molar-refractivity contribution in [1.82, 2.24) is 16.0 Å². The molecule has 8 nitrogen and oxygen atoms in total. The third-order valence-corrected chi connectivity index (χ3v) is 7.20. The number of fused-ring (bicyclic) bond motifs is 1. The molecule has 0 fully saturated rings. The highest BCUT2D eigenvalue weighted by molar-refractivity contribution is 6.10. The third-order valence-electron chi connectivity index (χ3n) is 7.20. The molecule has 228 valence electrons. The van der Waals surface area contributed by atoms with Crippen molar-refractivity contribution < 1.29 is 13.5 Å². The van der Waals surface area contributed by atoms with Gasteiger partial charge in [0.15, 0.2) is 0 Å². The fourth-order valence-corrected chi connectivity index (χ4v) is 4.55. The number of alkyl halides is 2. The van der Waals surface area contributed by atoms with Gasteiger partial charge in [-0.15, -0.1) is 0 Å². The van der Waals surface area contributed by atoms with Crippen LogP contribution in [0.15, 0.2) is 34.6 Å². The lowest BCUT2D eigenvalue weighted by atomic mass is 9.92. The number of allylic oxidation sites excluding steroid dienone is 1. The zero-order valence-electron chi connectivity index (χ0n) is 25.6. The van der Waals surface area contributed by atoms with E-state index in [1.54, 1.807) is 20.2 Å². The van der Waals surface area contributed by atoms with Gasteiger partial charge in [-0.25, -0.2) is 8.78 Å². The maximum Gasteiger partial charge on any atom is 0.264 e. The first-order valence-electron chi connectivity index (χ1n) is 14.2. The molecule has 0 aromatic heterocycles. The molecule has 2 aliphatic heterocycles. The van der Waals surface area contributed by atoms with E-state index < -0.39 is 6.43 Å². The van der Waals surface area contributed by atoms with E-state index in [1.165, 1.54) is 23.7 Å². The molecule has 0 saturated carbocycles. The lowest BCUT2D eigenvalue weighted by Gasteiger charge is -2.29. The van der Waals surface area contributed by atoms with Crippen molar-refractivity contribution in [3.63, 3.8) is 0 Å². The third kappa shape index (κ3) is 11.5. The second-order valence-corrected chi connectivity index (χ2v) is 10.1. The van der Waals surface area contributed by atoms with Crippen molar-refractivity contribution in [2.45, 2.75) is 71.6 Å². The van der Waals surface area contributed by atoms with Crippen molar-refractivity contribution in [2.75, 3.05) is 59.3 Å². The number of hydrogen-bond acceptors (Lipinski definition) is 8. The molecule has 1 aromatic carbocycles. The Morgan fingerprint density at radius 1 is 1.30 bits per heavy atom. The van der Waals surface area contributed by atoms with Crippen molar-refractivity contribution in [3.8, 4) is 0 Å². The van der Waals surface area contributed by atoms with Gasteiger partial charge in [0, 0.05) is 81.8 Å². The van der Waals surface area contributed by atoms with Gasteiger partial charge in [0.05, 0.1) is 0 Å². The summed E-state index contributed by atoms with van der Waals surface area (Å²) in [4.78, 5) is 5.90. The summed E-state index contributed by atoms with van der Waals surface area (Å²) < 4.78 is 31.4. The van der Waals surface area contributed by atoms with Crippen LogP contribution in [0.2, 0.25) is 0 Å². The highest BCUT2D eigenvalue weighted by atomic mass is 19.3. The van der Waals surface area contributed by atoms with Crippen LogP contribution in [0.1, 0.15) is 69.6 Å². The van der Waals surface area contributed by atoms with Gasteiger partial charge in [-0.3, -0.25) is 10.3 Å². The zero-order chi connectivity index (χ0) is 30.1. The van der Waals surface area contributed by atoms with Crippen LogP contribution in [-0.4, -0.2) is 72.9 Å². The molecule has 3 rings (SSSR count). The van der Waals surface area contributed by atoms with E-state index >= 15 is 0 Å². The van der Waals surface area contributed by atoms with E-state index in [2.05, 4.69) is 34.8 Å². The van der Waals surface area contributed by atoms with Crippen LogP contribution in [0.5, 0.6) is 0 Å². The number of hydrogen-bond donors (Lipinski definition) is 5. The van der Waals surface area contributed by atoms with E-state index in [1.807, 2.05) is 32.0 Å². The minimum absolute atomic E-state index is 0.00843. The van der Waals surface area contributed by atoms with Crippen molar-refractivity contribution in [3.05, 3.63) is 46.3 Å². The van der Waals surface area contributed by atoms with E-state index in [0.717, 1.165) is 69.5 Å². The number of aryl methyl sites for hydroxylation is 1. The summed E-state index contributed by atoms with van der Waals surface area (Å²) in [5.74, 6) is 0. The minimum atomic E-state index is -2.54. The largest absolute Gasteiger partial charge is 0.404 e. The van der Waals surface area contributed by atoms with Gasteiger partial charge in [-0.2, -0.15) is 0 Å². The molecule has 10 heteroatoms. The first-order chi connectivity index (χ1) is 19.2. The average Bonchev–Trinajstić information content (AvgIpc) is 2.96. The van der Waals surface area contributed by atoms with Crippen LogP contribution in [-0.2, 0) is 11.2 Å². The fourth-order valence-electron chi connectivity index (χ4n) is 4.55. The number of nitrogens with one attached hydrogen (secondary N) is 3. The molecule has 0 aliphatic carbocycles. The van der Waals surface area contributed by atoms with Gasteiger partial charge in [-0.05, 0) is 88.4 Å². The number of aliphatic imine (C=N–C) groups is 1. The van der Waals surface area contributed by atoms with Crippen molar-refractivity contribution in [1.29, 1.82) is 0 Å². The van der Waals surface area contributed by atoms with E-state index in [0.29, 0.717) is 17.2 Å². The Hall–Kier alpha value is -2.53. The molecule has 2 heterocycles. The Balaban J connectivity index is 0.000000347. The molecule has 7 N–H and O–H groups in total. The van der Waals surface area contributed by atoms with Crippen LogP contribution in [0.4, 0.5) is 14.5 Å². The van der Waals surface area contributed by atoms with Gasteiger partial charge in [0.1, 0.15) is 6.23 Å². The van der Waals surface area contributed by atoms with Crippen molar-refractivity contribution in [2.24, 2.45) is 16.5 Å². The van der Waals surface area contributed by atoms with Gasteiger partial charge < -0.3 is 31.7 Å². The van der Waals surface area contributed by atoms with Crippen LogP contribution >= 0.6 is 0 Å². The number of benzene rings is 1. The molecule has 0 amide bonds. The highest BCUT2D eigenvalue weighted by Gasteiger charge is 2.22. The number of halogens is 2. The Labute approximate surface area is 240 Å². The first-order valence-corrected chi connectivity index (χ1v) is 14.2. The lowest BCUT2D eigenvalue weighted by molar-refractivity contribution is 0.0966. The lowest BCUT2D eigenvalue weighted by Crippen LogP contribution is -2.35. The Morgan fingerprint density at radius 2 is 2.02 bits per heavy atom. The minimum Gasteiger partial charge on any atom is -0.404 e. The SMILES string of the molecule is CCC(CCN)NC1=C(C)CNCC1.CN=C/C(=C\N)c1cc2c(cc1C(F)F)N(C)CCC2.CNC(C)OC. The van der Waals surface area contributed by atoms with E-state index in [4.69, 9.17) is 16.2 Å². The molecule has 2 unspecified atom stereocenters. The van der Waals surface area contributed by atoms with Gasteiger partial charge in [0.2, 0.25) is 0 Å². The number of anilines is 1. The van der Waals surface area contributed by atoms with Crippen molar-refractivity contribution >= 4 is 17.5 Å².